The molecule has 0 unspecified atom stereocenters. The van der Waals surface area contributed by atoms with Crippen molar-refractivity contribution in [1.29, 1.82) is 0 Å². The summed E-state index contributed by atoms with van der Waals surface area (Å²) in [6.07, 6.45) is 2.23. The van der Waals surface area contributed by atoms with Crippen molar-refractivity contribution in [3.05, 3.63) is 57.8 Å². The molecule has 0 saturated carbocycles. The van der Waals surface area contributed by atoms with Crippen LogP contribution in [0.1, 0.15) is 35.1 Å². The van der Waals surface area contributed by atoms with Gasteiger partial charge in [0.2, 0.25) is 5.89 Å². The molecule has 1 aliphatic rings. The Labute approximate surface area is 156 Å². The molecule has 1 fully saturated rings. The maximum Gasteiger partial charge on any atom is 0.257 e. The van der Waals surface area contributed by atoms with Crippen LogP contribution in [0.4, 0.5) is 0 Å². The van der Waals surface area contributed by atoms with Crippen molar-refractivity contribution in [3.8, 4) is 10.8 Å². The molecule has 1 saturated heterocycles. The highest BCUT2D eigenvalue weighted by Gasteiger charge is 2.26. The number of likely N-dealkylation sites (tertiary alicyclic amines) is 1. The Morgan fingerprint density at radius 3 is 3.00 bits per heavy atom. The zero-order valence-electron chi connectivity index (χ0n) is 14.1. The minimum Gasteiger partial charge on any atom is -0.420 e. The molecule has 1 atom stereocenters. The van der Waals surface area contributed by atoms with Crippen molar-refractivity contribution in [2.24, 2.45) is 0 Å². The Morgan fingerprint density at radius 2 is 2.20 bits per heavy atom. The van der Waals surface area contributed by atoms with E-state index >= 15 is 0 Å². The van der Waals surface area contributed by atoms with Gasteiger partial charge in [-0.15, -0.1) is 21.5 Å². The number of hydrogen-bond acceptors (Lipinski definition) is 5. The van der Waals surface area contributed by atoms with E-state index in [4.69, 9.17) is 16.0 Å². The summed E-state index contributed by atoms with van der Waals surface area (Å²) >= 11 is 7.78. The van der Waals surface area contributed by atoms with Crippen molar-refractivity contribution >= 4 is 22.9 Å². The molecule has 130 valence electrons. The molecule has 0 spiro atoms. The summed E-state index contributed by atoms with van der Waals surface area (Å²) in [6.45, 7) is 5.02. The van der Waals surface area contributed by atoms with Gasteiger partial charge in [-0.1, -0.05) is 23.7 Å². The van der Waals surface area contributed by atoms with Crippen molar-refractivity contribution in [2.75, 3.05) is 13.1 Å². The van der Waals surface area contributed by atoms with Gasteiger partial charge in [-0.05, 0) is 56.1 Å². The molecule has 25 heavy (non-hydrogen) atoms. The van der Waals surface area contributed by atoms with E-state index in [2.05, 4.69) is 34.2 Å². The summed E-state index contributed by atoms with van der Waals surface area (Å²) in [7, 11) is 0. The Bertz CT molecular complexity index is 860. The Hall–Kier alpha value is -1.69. The van der Waals surface area contributed by atoms with Crippen LogP contribution in [0.5, 0.6) is 0 Å². The van der Waals surface area contributed by atoms with Crippen molar-refractivity contribution < 1.29 is 4.42 Å². The van der Waals surface area contributed by atoms with E-state index in [1.807, 2.05) is 24.3 Å². The molecule has 3 aromatic rings. The molecule has 4 rings (SSSR count). The van der Waals surface area contributed by atoms with Crippen LogP contribution < -0.4 is 0 Å². The largest absolute Gasteiger partial charge is 0.420 e. The summed E-state index contributed by atoms with van der Waals surface area (Å²) in [6, 6.07) is 12.2. The van der Waals surface area contributed by atoms with Crippen molar-refractivity contribution in [1.82, 2.24) is 15.1 Å². The molecular formula is C19H20ClN3OS. The van der Waals surface area contributed by atoms with Crippen molar-refractivity contribution in [2.45, 2.75) is 32.2 Å². The molecule has 6 heteroatoms. The molecule has 3 heterocycles. The topological polar surface area (TPSA) is 42.2 Å². The molecule has 0 amide bonds. The van der Waals surface area contributed by atoms with Gasteiger partial charge in [0.05, 0.1) is 10.8 Å². The number of rotatable bonds is 4. The lowest BCUT2D eigenvalue weighted by atomic mass is 9.97. The first-order valence-electron chi connectivity index (χ1n) is 8.54. The molecule has 4 nitrogen and oxygen atoms in total. The summed E-state index contributed by atoms with van der Waals surface area (Å²) in [5.41, 5.74) is 1.24. The summed E-state index contributed by atoms with van der Waals surface area (Å²) in [5.74, 6) is 1.70. The molecule has 1 aliphatic heterocycles. The van der Waals surface area contributed by atoms with Gasteiger partial charge < -0.3 is 4.42 Å². The van der Waals surface area contributed by atoms with E-state index in [9.17, 15) is 0 Å². The van der Waals surface area contributed by atoms with Gasteiger partial charge in [0.25, 0.3) is 5.89 Å². The lowest BCUT2D eigenvalue weighted by Crippen LogP contribution is -2.34. The number of benzene rings is 1. The first kappa shape index (κ1) is 16.8. The maximum absolute atomic E-state index is 6.10. The molecule has 1 aromatic carbocycles. The normalized spacial score (nSPS) is 18.6. The van der Waals surface area contributed by atoms with Gasteiger partial charge in [0.1, 0.15) is 0 Å². The fourth-order valence-corrected chi connectivity index (χ4v) is 4.34. The van der Waals surface area contributed by atoms with Gasteiger partial charge in [0, 0.05) is 23.0 Å². The van der Waals surface area contributed by atoms with E-state index in [1.165, 1.54) is 10.4 Å². The molecule has 0 bridgehead atoms. The lowest BCUT2D eigenvalue weighted by Gasteiger charge is -2.31. The number of hydrogen-bond donors (Lipinski definition) is 0. The molecule has 2 aromatic heterocycles. The van der Waals surface area contributed by atoms with Crippen LogP contribution in [0.15, 0.2) is 40.8 Å². The lowest BCUT2D eigenvalue weighted by molar-refractivity contribution is 0.186. The maximum atomic E-state index is 6.10. The van der Waals surface area contributed by atoms with E-state index in [-0.39, 0.29) is 0 Å². The van der Waals surface area contributed by atoms with E-state index in [0.29, 0.717) is 11.8 Å². The van der Waals surface area contributed by atoms with Gasteiger partial charge in [-0.2, -0.15) is 0 Å². The number of aryl methyl sites for hydroxylation is 1. The highest BCUT2D eigenvalue weighted by atomic mass is 35.5. The molecule has 0 radical (unpaired) electrons. The fraction of sp³-hybridized carbons (Fsp3) is 0.368. The van der Waals surface area contributed by atoms with Crippen LogP contribution in [0, 0.1) is 6.92 Å². The Balaban J connectivity index is 1.45. The smallest absolute Gasteiger partial charge is 0.257 e. The minimum absolute atomic E-state index is 0.301. The molecular weight excluding hydrogens is 354 g/mol. The Kier molecular flexibility index (Phi) is 4.88. The summed E-state index contributed by atoms with van der Waals surface area (Å²) < 4.78 is 5.98. The predicted octanol–water partition coefficient (Wildman–Crippen LogP) is 5.14. The van der Waals surface area contributed by atoms with Crippen LogP contribution in [0.2, 0.25) is 5.02 Å². The third-order valence-corrected chi connectivity index (χ3v) is 5.77. The summed E-state index contributed by atoms with van der Waals surface area (Å²) in [5, 5.41) is 9.37. The second-order valence-electron chi connectivity index (χ2n) is 6.56. The van der Waals surface area contributed by atoms with Gasteiger partial charge >= 0.3 is 0 Å². The van der Waals surface area contributed by atoms with Crippen LogP contribution >= 0.6 is 22.9 Å². The van der Waals surface area contributed by atoms with Crippen LogP contribution in [0.3, 0.4) is 0 Å². The van der Waals surface area contributed by atoms with E-state index in [0.717, 1.165) is 48.3 Å². The monoisotopic (exact) mass is 373 g/mol. The average molecular weight is 374 g/mol. The van der Waals surface area contributed by atoms with Gasteiger partial charge in [0.15, 0.2) is 0 Å². The third-order valence-electron chi connectivity index (χ3n) is 4.54. The Morgan fingerprint density at radius 1 is 1.28 bits per heavy atom. The quantitative estimate of drug-likeness (QED) is 0.635. The molecule has 0 N–H and O–H groups in total. The first-order chi connectivity index (χ1) is 12.2. The highest BCUT2D eigenvalue weighted by molar-refractivity contribution is 7.15. The third kappa shape index (κ3) is 3.94. The number of nitrogens with zero attached hydrogens (tertiary/aromatic N) is 3. The zero-order valence-corrected chi connectivity index (χ0v) is 15.7. The second-order valence-corrected chi connectivity index (χ2v) is 8.28. The number of piperidine rings is 1. The van der Waals surface area contributed by atoms with Gasteiger partial charge in [-0.3, -0.25) is 4.90 Å². The highest BCUT2D eigenvalue weighted by Crippen LogP contribution is 2.31. The summed E-state index contributed by atoms with van der Waals surface area (Å²) in [4.78, 5) is 4.74. The van der Waals surface area contributed by atoms with Crippen molar-refractivity contribution in [3.63, 3.8) is 0 Å². The zero-order chi connectivity index (χ0) is 17.2. The second kappa shape index (κ2) is 7.28. The SMILES string of the molecule is Cc1ccc(-c2nnc([C@H]3CCCN(Cc4cccc(Cl)c4)C3)o2)s1. The predicted molar refractivity (Wildman–Crippen MR) is 101 cm³/mol. The minimum atomic E-state index is 0.301. The van der Waals surface area contributed by atoms with Crippen LogP contribution in [-0.4, -0.2) is 28.2 Å². The number of thiophene rings is 1. The average Bonchev–Trinajstić information content (AvgIpc) is 3.24. The van der Waals surface area contributed by atoms with Crippen LogP contribution in [0.25, 0.3) is 10.8 Å². The number of halogens is 1. The van der Waals surface area contributed by atoms with E-state index in [1.54, 1.807) is 11.3 Å². The molecule has 0 aliphatic carbocycles. The fourth-order valence-electron chi connectivity index (χ4n) is 3.34. The van der Waals surface area contributed by atoms with E-state index < -0.39 is 0 Å². The standard InChI is InChI=1S/C19H20ClN3OS/c1-13-7-8-17(25-13)19-22-21-18(24-19)15-5-3-9-23(12-15)11-14-4-2-6-16(20)10-14/h2,4,6-8,10,15H,3,5,9,11-12H2,1H3/t15-/m0/s1. The first-order valence-corrected chi connectivity index (χ1v) is 9.74. The van der Waals surface area contributed by atoms with Gasteiger partial charge in [-0.25, -0.2) is 0 Å². The van der Waals surface area contributed by atoms with Crippen LogP contribution in [-0.2, 0) is 6.54 Å². The number of aromatic nitrogens is 2.